The molecule has 0 radical (unpaired) electrons. The molecule has 2 aromatic rings. The van der Waals surface area contributed by atoms with E-state index in [4.69, 9.17) is 0 Å². The summed E-state index contributed by atoms with van der Waals surface area (Å²) in [7, 11) is -1.67. The van der Waals surface area contributed by atoms with Gasteiger partial charge in [0.2, 0.25) is 5.91 Å². The summed E-state index contributed by atoms with van der Waals surface area (Å²) in [4.78, 5) is 26.5. The molecule has 0 aliphatic heterocycles. The third-order valence-corrected chi connectivity index (χ3v) is 4.58. The van der Waals surface area contributed by atoms with E-state index < -0.39 is 13.1 Å². The number of nitrogens with zero attached hydrogens (tertiary/aromatic N) is 1. The maximum Gasteiger partial charge on any atom is 0.475 e. The van der Waals surface area contributed by atoms with Crippen LogP contribution in [-0.2, 0) is 11.2 Å². The van der Waals surface area contributed by atoms with Gasteiger partial charge in [0.05, 0.1) is 5.94 Å². The molecule has 0 heterocycles. The van der Waals surface area contributed by atoms with Gasteiger partial charge >= 0.3 is 7.12 Å². The van der Waals surface area contributed by atoms with Crippen molar-refractivity contribution in [1.82, 2.24) is 10.2 Å². The van der Waals surface area contributed by atoms with Gasteiger partial charge in [-0.2, -0.15) is 0 Å². The summed E-state index contributed by atoms with van der Waals surface area (Å²) >= 11 is 0. The largest absolute Gasteiger partial charge is 0.475 e. The molecule has 3 N–H and O–H groups in total. The zero-order valence-electron chi connectivity index (χ0n) is 16.3. The van der Waals surface area contributed by atoms with E-state index in [1.165, 1.54) is 0 Å². The number of aryl methyl sites for hydroxylation is 1. The van der Waals surface area contributed by atoms with Crippen LogP contribution >= 0.6 is 0 Å². The van der Waals surface area contributed by atoms with Crippen LogP contribution in [0.15, 0.2) is 54.6 Å². The lowest BCUT2D eigenvalue weighted by molar-refractivity contribution is -0.121. The highest BCUT2D eigenvalue weighted by molar-refractivity contribution is 6.43. The minimum atomic E-state index is -1.67. The first-order valence-corrected chi connectivity index (χ1v) is 9.46. The highest BCUT2D eigenvalue weighted by Crippen LogP contribution is 2.08. The number of carbonyl (C=O) groups excluding carboxylic acids is 2. The second kappa shape index (κ2) is 10.6. The van der Waals surface area contributed by atoms with E-state index in [9.17, 15) is 19.6 Å². The molecule has 6 nitrogen and oxygen atoms in total. The SMILES string of the molecule is CCN(CCC(=O)N[C@@H](Cc1ccccc1)B(O)O)C(=O)c1ccc(C)cc1. The highest BCUT2D eigenvalue weighted by Gasteiger charge is 2.26. The molecule has 7 heteroatoms. The molecule has 0 saturated heterocycles. The maximum atomic E-state index is 12.6. The Morgan fingerprint density at radius 2 is 1.71 bits per heavy atom. The first kappa shape index (κ1) is 21.7. The Hall–Kier alpha value is -2.64. The lowest BCUT2D eigenvalue weighted by Gasteiger charge is -2.22. The van der Waals surface area contributed by atoms with Crippen molar-refractivity contribution in [1.29, 1.82) is 0 Å². The topological polar surface area (TPSA) is 89.9 Å². The van der Waals surface area contributed by atoms with Crippen LogP contribution in [0.2, 0.25) is 0 Å². The minimum absolute atomic E-state index is 0.0868. The summed E-state index contributed by atoms with van der Waals surface area (Å²) in [6.07, 6.45) is 0.396. The van der Waals surface area contributed by atoms with Crippen molar-refractivity contribution in [2.45, 2.75) is 32.6 Å². The fraction of sp³-hybridized carbons (Fsp3) is 0.333. The minimum Gasteiger partial charge on any atom is -0.426 e. The van der Waals surface area contributed by atoms with Crippen LogP contribution in [0.1, 0.15) is 34.8 Å². The summed E-state index contributed by atoms with van der Waals surface area (Å²) in [6.45, 7) is 4.56. The van der Waals surface area contributed by atoms with Crippen molar-refractivity contribution in [3.8, 4) is 0 Å². The smallest absolute Gasteiger partial charge is 0.426 e. The van der Waals surface area contributed by atoms with Crippen LogP contribution in [0.3, 0.4) is 0 Å². The molecule has 2 aromatic carbocycles. The fourth-order valence-corrected chi connectivity index (χ4v) is 2.90. The Kier molecular flexibility index (Phi) is 8.23. The van der Waals surface area contributed by atoms with Crippen LogP contribution in [0.25, 0.3) is 0 Å². The number of benzene rings is 2. The van der Waals surface area contributed by atoms with Gasteiger partial charge in [-0.05, 0) is 38.0 Å². The van der Waals surface area contributed by atoms with E-state index in [0.29, 0.717) is 18.5 Å². The predicted octanol–water partition coefficient (Wildman–Crippen LogP) is 1.59. The first-order valence-electron chi connectivity index (χ1n) is 9.46. The van der Waals surface area contributed by atoms with E-state index in [1.807, 2.05) is 56.3 Å². The van der Waals surface area contributed by atoms with E-state index >= 15 is 0 Å². The van der Waals surface area contributed by atoms with Gasteiger partial charge in [-0.25, -0.2) is 0 Å². The number of carbonyl (C=O) groups is 2. The lowest BCUT2D eigenvalue weighted by atomic mass is 9.76. The quantitative estimate of drug-likeness (QED) is 0.575. The summed E-state index contributed by atoms with van der Waals surface area (Å²) < 4.78 is 0. The van der Waals surface area contributed by atoms with Crippen LogP contribution in [0.5, 0.6) is 0 Å². The van der Waals surface area contributed by atoms with Gasteiger partial charge in [0.1, 0.15) is 0 Å². The van der Waals surface area contributed by atoms with Gasteiger partial charge in [0, 0.05) is 25.1 Å². The van der Waals surface area contributed by atoms with E-state index in [1.54, 1.807) is 17.0 Å². The third-order valence-electron chi connectivity index (χ3n) is 4.58. The highest BCUT2D eigenvalue weighted by atomic mass is 16.4. The normalized spacial score (nSPS) is 11.6. The maximum absolute atomic E-state index is 12.6. The molecule has 148 valence electrons. The Labute approximate surface area is 166 Å². The Morgan fingerprint density at radius 3 is 2.29 bits per heavy atom. The summed E-state index contributed by atoms with van der Waals surface area (Å²) in [5, 5.41) is 21.8. The average Bonchev–Trinajstić information content (AvgIpc) is 2.69. The molecular weight excluding hydrogens is 355 g/mol. The average molecular weight is 382 g/mol. The Bertz CT molecular complexity index is 766. The molecule has 0 spiro atoms. The number of hydrogen-bond donors (Lipinski definition) is 3. The van der Waals surface area contributed by atoms with Crippen LogP contribution < -0.4 is 5.32 Å². The van der Waals surface area contributed by atoms with Gasteiger partial charge < -0.3 is 20.3 Å². The van der Waals surface area contributed by atoms with Gasteiger partial charge in [-0.15, -0.1) is 0 Å². The molecule has 0 bridgehead atoms. The molecule has 0 aliphatic rings. The second-order valence-electron chi connectivity index (χ2n) is 6.78. The Balaban J connectivity index is 1.91. The van der Waals surface area contributed by atoms with Crippen molar-refractivity contribution in [2.24, 2.45) is 0 Å². The number of rotatable bonds is 9. The monoisotopic (exact) mass is 382 g/mol. The van der Waals surface area contributed by atoms with Crippen molar-refractivity contribution in [2.75, 3.05) is 13.1 Å². The van der Waals surface area contributed by atoms with E-state index in [-0.39, 0.29) is 24.8 Å². The van der Waals surface area contributed by atoms with Crippen molar-refractivity contribution < 1.29 is 19.6 Å². The standard InChI is InChI=1S/C21H27BN2O4/c1-3-24(21(26)18-11-9-16(2)10-12-18)14-13-20(25)23-19(22(27)28)15-17-7-5-4-6-8-17/h4-12,19,27-28H,3,13-15H2,1-2H3,(H,23,25)/t19-/m0/s1. The predicted molar refractivity (Wildman–Crippen MR) is 110 cm³/mol. The lowest BCUT2D eigenvalue weighted by Crippen LogP contribution is -2.48. The van der Waals surface area contributed by atoms with E-state index in [2.05, 4.69) is 5.32 Å². The summed E-state index contributed by atoms with van der Waals surface area (Å²) in [5.41, 5.74) is 2.55. The third kappa shape index (κ3) is 6.51. The molecule has 0 aromatic heterocycles. The molecule has 28 heavy (non-hydrogen) atoms. The van der Waals surface area contributed by atoms with Crippen LogP contribution in [-0.4, -0.2) is 52.9 Å². The molecule has 0 aliphatic carbocycles. The fourth-order valence-electron chi connectivity index (χ4n) is 2.90. The molecule has 2 rings (SSSR count). The first-order chi connectivity index (χ1) is 13.4. The molecule has 0 saturated carbocycles. The number of nitrogens with one attached hydrogen (secondary N) is 1. The van der Waals surface area contributed by atoms with Gasteiger partial charge in [0.25, 0.3) is 5.91 Å². The number of amides is 2. The van der Waals surface area contributed by atoms with Gasteiger partial charge in [0.15, 0.2) is 0 Å². The van der Waals surface area contributed by atoms with Gasteiger partial charge in [-0.1, -0.05) is 48.0 Å². The Morgan fingerprint density at radius 1 is 1.07 bits per heavy atom. The van der Waals surface area contributed by atoms with E-state index in [0.717, 1.165) is 11.1 Å². The molecule has 0 fully saturated rings. The zero-order valence-corrected chi connectivity index (χ0v) is 16.3. The van der Waals surface area contributed by atoms with Crippen LogP contribution in [0.4, 0.5) is 0 Å². The van der Waals surface area contributed by atoms with Crippen molar-refractivity contribution >= 4 is 18.9 Å². The molecule has 1 atom stereocenters. The van der Waals surface area contributed by atoms with Crippen molar-refractivity contribution in [3.05, 3.63) is 71.3 Å². The summed E-state index contributed by atoms with van der Waals surface area (Å²) in [5.74, 6) is -1.26. The van der Waals surface area contributed by atoms with Crippen molar-refractivity contribution in [3.63, 3.8) is 0 Å². The molecule has 2 amide bonds. The second-order valence-corrected chi connectivity index (χ2v) is 6.78. The van der Waals surface area contributed by atoms with Crippen LogP contribution in [0, 0.1) is 6.92 Å². The molecule has 0 unspecified atom stereocenters. The zero-order chi connectivity index (χ0) is 20.5. The summed E-state index contributed by atoms with van der Waals surface area (Å²) in [6, 6.07) is 16.6. The number of hydrogen-bond acceptors (Lipinski definition) is 4. The molecular formula is C21H27BN2O4. The van der Waals surface area contributed by atoms with Gasteiger partial charge in [-0.3, -0.25) is 9.59 Å².